The molecule has 1 aromatic carbocycles. The molecular formula is C15H19BN2O4. The fourth-order valence-corrected chi connectivity index (χ4v) is 2.56. The third-order valence-corrected chi connectivity index (χ3v) is 4.46. The second-order valence-electron chi connectivity index (χ2n) is 6.52. The van der Waals surface area contributed by atoms with Gasteiger partial charge >= 0.3 is 13.2 Å². The summed E-state index contributed by atoms with van der Waals surface area (Å²) < 4.78 is 12.2. The van der Waals surface area contributed by atoms with Crippen LogP contribution in [0.25, 0.3) is 10.9 Å². The topological polar surface area (TPSA) is 83.6 Å². The molecule has 22 heavy (non-hydrogen) atoms. The summed E-state index contributed by atoms with van der Waals surface area (Å²) >= 11 is 0. The number of fused-ring (bicyclic) bond motifs is 1. The highest BCUT2D eigenvalue weighted by molar-refractivity contribution is 6.65. The Morgan fingerprint density at radius 3 is 2.45 bits per heavy atom. The number of H-pyrrole nitrogens is 1. The molecular weight excluding hydrogens is 283 g/mol. The Hall–Kier alpha value is -1.99. The molecule has 1 aromatic heterocycles. The first-order valence-electron chi connectivity index (χ1n) is 7.16. The first-order valence-corrected chi connectivity index (χ1v) is 7.16. The van der Waals surface area contributed by atoms with Gasteiger partial charge in [-0.1, -0.05) is 0 Å². The average Bonchev–Trinajstić information content (AvgIpc) is 2.90. The van der Waals surface area contributed by atoms with Crippen molar-refractivity contribution in [3.05, 3.63) is 24.4 Å². The van der Waals surface area contributed by atoms with E-state index in [1.54, 1.807) is 12.1 Å². The molecule has 3 N–H and O–H groups in total. The van der Waals surface area contributed by atoms with Gasteiger partial charge in [-0.05, 0) is 56.7 Å². The van der Waals surface area contributed by atoms with Crippen LogP contribution < -0.4 is 10.8 Å². The number of carboxylic acid groups (broad SMARTS) is 1. The molecule has 1 aliphatic rings. The van der Waals surface area contributed by atoms with Crippen LogP contribution in [0.2, 0.25) is 0 Å². The van der Waals surface area contributed by atoms with Gasteiger partial charge in [0.1, 0.15) is 0 Å². The van der Waals surface area contributed by atoms with E-state index in [1.807, 2.05) is 40.0 Å². The molecule has 7 heteroatoms. The van der Waals surface area contributed by atoms with Crippen LogP contribution in [0.4, 0.5) is 10.5 Å². The van der Waals surface area contributed by atoms with Gasteiger partial charge in [0, 0.05) is 17.4 Å². The van der Waals surface area contributed by atoms with Crippen molar-refractivity contribution >= 4 is 35.3 Å². The van der Waals surface area contributed by atoms with Gasteiger partial charge in [0.25, 0.3) is 0 Å². The van der Waals surface area contributed by atoms with E-state index in [9.17, 15) is 4.79 Å². The number of nitrogens with one attached hydrogen (secondary N) is 2. The molecule has 0 saturated carbocycles. The van der Waals surface area contributed by atoms with E-state index < -0.39 is 24.4 Å². The lowest BCUT2D eigenvalue weighted by Gasteiger charge is -2.32. The van der Waals surface area contributed by atoms with Crippen molar-refractivity contribution in [1.29, 1.82) is 0 Å². The van der Waals surface area contributed by atoms with Gasteiger partial charge in [-0.2, -0.15) is 0 Å². The number of amides is 1. The number of anilines is 1. The van der Waals surface area contributed by atoms with Gasteiger partial charge in [0.05, 0.1) is 11.2 Å². The third-order valence-electron chi connectivity index (χ3n) is 4.46. The maximum atomic E-state index is 10.9. The van der Waals surface area contributed by atoms with Crippen LogP contribution in [-0.4, -0.2) is 34.5 Å². The zero-order valence-electron chi connectivity index (χ0n) is 13.1. The summed E-state index contributed by atoms with van der Waals surface area (Å²) in [6, 6.07) is 5.44. The molecule has 116 valence electrons. The number of hydrogen-bond acceptors (Lipinski definition) is 3. The van der Waals surface area contributed by atoms with Gasteiger partial charge in [0.2, 0.25) is 0 Å². The molecule has 3 rings (SSSR count). The van der Waals surface area contributed by atoms with Gasteiger partial charge in [0.15, 0.2) is 0 Å². The minimum absolute atomic E-state index is 0.448. The summed E-state index contributed by atoms with van der Waals surface area (Å²) in [4.78, 5) is 14.0. The maximum absolute atomic E-state index is 10.9. The molecule has 2 heterocycles. The van der Waals surface area contributed by atoms with Crippen LogP contribution in [0, 0.1) is 0 Å². The van der Waals surface area contributed by atoms with Crippen molar-refractivity contribution in [2.45, 2.75) is 38.9 Å². The molecule has 0 spiro atoms. The minimum Gasteiger partial charge on any atom is -0.465 e. The molecule has 1 amide bonds. The molecule has 0 bridgehead atoms. The van der Waals surface area contributed by atoms with Crippen LogP contribution in [0.1, 0.15) is 27.7 Å². The first kappa shape index (κ1) is 14.9. The monoisotopic (exact) mass is 302 g/mol. The lowest BCUT2D eigenvalue weighted by Crippen LogP contribution is -2.41. The Morgan fingerprint density at radius 2 is 1.86 bits per heavy atom. The van der Waals surface area contributed by atoms with E-state index in [-0.39, 0.29) is 0 Å². The van der Waals surface area contributed by atoms with Crippen LogP contribution in [0.15, 0.2) is 24.4 Å². The Bertz CT molecular complexity index is 722. The fourth-order valence-electron chi connectivity index (χ4n) is 2.56. The number of benzene rings is 1. The first-order chi connectivity index (χ1) is 10.2. The second kappa shape index (κ2) is 4.76. The zero-order chi connectivity index (χ0) is 16.1. The van der Waals surface area contributed by atoms with E-state index in [0.29, 0.717) is 5.69 Å². The normalized spacial score (nSPS) is 19.5. The quantitative estimate of drug-likeness (QED) is 0.744. The van der Waals surface area contributed by atoms with Crippen molar-refractivity contribution in [3.8, 4) is 0 Å². The number of aromatic amines is 1. The van der Waals surface area contributed by atoms with Gasteiger partial charge in [-0.15, -0.1) is 0 Å². The smallest absolute Gasteiger partial charge is 0.465 e. The highest BCUT2D eigenvalue weighted by Crippen LogP contribution is 2.37. The van der Waals surface area contributed by atoms with Crippen molar-refractivity contribution in [2.75, 3.05) is 5.32 Å². The third kappa shape index (κ3) is 2.36. The van der Waals surface area contributed by atoms with Crippen LogP contribution >= 0.6 is 0 Å². The molecule has 6 nitrogen and oxygen atoms in total. The van der Waals surface area contributed by atoms with E-state index >= 15 is 0 Å². The minimum atomic E-state index is -1.11. The van der Waals surface area contributed by atoms with Crippen LogP contribution in [-0.2, 0) is 9.31 Å². The Morgan fingerprint density at radius 1 is 1.23 bits per heavy atom. The molecule has 1 aliphatic heterocycles. The van der Waals surface area contributed by atoms with Crippen molar-refractivity contribution in [1.82, 2.24) is 4.98 Å². The Balaban J connectivity index is 2.07. The Labute approximate surface area is 128 Å². The molecule has 1 fully saturated rings. The predicted octanol–water partition coefficient (Wildman–Crippen LogP) is 2.56. The molecule has 1 saturated heterocycles. The predicted molar refractivity (Wildman–Crippen MR) is 85.7 cm³/mol. The molecule has 0 radical (unpaired) electrons. The number of rotatable bonds is 2. The van der Waals surface area contributed by atoms with E-state index in [0.717, 1.165) is 16.4 Å². The SMILES string of the molecule is CC1(C)OB(c2cc(NC(=O)O)cc3[nH]ccc23)OC1(C)C. The standard InChI is InChI=1S/C15H19BN2O4/c1-14(2)15(3,4)22-16(21-14)11-7-9(18-13(19)20)8-12-10(11)5-6-17-12/h5-8,17-18H,1-4H3,(H,19,20). The molecule has 2 aromatic rings. The van der Waals surface area contributed by atoms with Crippen molar-refractivity contribution in [2.24, 2.45) is 0 Å². The fraction of sp³-hybridized carbons (Fsp3) is 0.400. The summed E-state index contributed by atoms with van der Waals surface area (Å²) in [7, 11) is -0.543. The van der Waals surface area contributed by atoms with Crippen molar-refractivity contribution in [3.63, 3.8) is 0 Å². The van der Waals surface area contributed by atoms with E-state index in [4.69, 9.17) is 14.4 Å². The summed E-state index contributed by atoms with van der Waals surface area (Å²) in [5.74, 6) is 0. The summed E-state index contributed by atoms with van der Waals surface area (Å²) in [5, 5.41) is 12.3. The summed E-state index contributed by atoms with van der Waals surface area (Å²) in [6.45, 7) is 7.95. The number of aromatic nitrogens is 1. The number of hydrogen-bond donors (Lipinski definition) is 3. The summed E-state index contributed by atoms with van der Waals surface area (Å²) in [6.07, 6.45) is 0.704. The lowest BCUT2D eigenvalue weighted by atomic mass is 9.76. The highest BCUT2D eigenvalue weighted by atomic mass is 16.7. The second-order valence-corrected chi connectivity index (χ2v) is 6.52. The summed E-state index contributed by atoms with van der Waals surface area (Å²) in [5.41, 5.74) is 1.22. The molecule has 0 unspecified atom stereocenters. The average molecular weight is 302 g/mol. The van der Waals surface area contributed by atoms with Gasteiger partial charge in [-0.25, -0.2) is 4.79 Å². The molecule has 0 aliphatic carbocycles. The maximum Gasteiger partial charge on any atom is 0.495 e. The zero-order valence-corrected chi connectivity index (χ0v) is 13.1. The molecule has 0 atom stereocenters. The van der Waals surface area contributed by atoms with E-state index in [1.165, 1.54) is 0 Å². The lowest BCUT2D eigenvalue weighted by molar-refractivity contribution is 0.00578. The van der Waals surface area contributed by atoms with Crippen LogP contribution in [0.5, 0.6) is 0 Å². The van der Waals surface area contributed by atoms with Gasteiger partial charge < -0.3 is 19.4 Å². The van der Waals surface area contributed by atoms with Gasteiger partial charge in [-0.3, -0.25) is 5.32 Å². The van der Waals surface area contributed by atoms with Crippen LogP contribution in [0.3, 0.4) is 0 Å². The highest BCUT2D eigenvalue weighted by Gasteiger charge is 2.52. The van der Waals surface area contributed by atoms with Crippen molar-refractivity contribution < 1.29 is 19.2 Å². The number of carbonyl (C=O) groups is 1. The largest absolute Gasteiger partial charge is 0.495 e. The Kier molecular flexibility index (Phi) is 3.23. The van der Waals surface area contributed by atoms with E-state index in [2.05, 4.69) is 10.3 Å².